The highest BCUT2D eigenvalue weighted by Gasteiger charge is 2.05. The van der Waals surface area contributed by atoms with E-state index < -0.39 is 9.84 Å². The summed E-state index contributed by atoms with van der Waals surface area (Å²) in [5.74, 6) is -0.423. The van der Waals surface area contributed by atoms with Gasteiger partial charge >= 0.3 is 0 Å². The van der Waals surface area contributed by atoms with Crippen LogP contribution in [0.1, 0.15) is 5.56 Å². The predicted molar refractivity (Wildman–Crippen MR) is 86.0 cm³/mol. The van der Waals surface area contributed by atoms with Crippen molar-refractivity contribution < 1.29 is 17.6 Å². The Hall–Kier alpha value is -2.48. The lowest BCUT2D eigenvalue weighted by Crippen LogP contribution is -2.13. The van der Waals surface area contributed by atoms with Crippen LogP contribution < -0.4 is 5.32 Å². The first-order chi connectivity index (χ1) is 10.8. The number of amides is 1. The number of hydrogen-bond donors (Lipinski definition) is 1. The summed E-state index contributed by atoms with van der Waals surface area (Å²) in [5, 5.41) is 6.62. The lowest BCUT2D eigenvalue weighted by Gasteiger charge is -2.00. The SMILES string of the molecule is CS(=O)(=O)CCn1ccc(NC(=O)C=Cc2ccc(F)cc2)n1. The molecular formula is C15H16FN3O3S. The molecule has 122 valence electrons. The van der Waals surface area contributed by atoms with Crippen LogP contribution in [0.4, 0.5) is 10.2 Å². The highest BCUT2D eigenvalue weighted by molar-refractivity contribution is 7.90. The van der Waals surface area contributed by atoms with Gasteiger partial charge in [0, 0.05) is 24.6 Å². The number of carbonyl (C=O) groups is 1. The molecule has 1 aromatic heterocycles. The fourth-order valence-electron chi connectivity index (χ4n) is 1.73. The highest BCUT2D eigenvalue weighted by atomic mass is 32.2. The van der Waals surface area contributed by atoms with Crippen LogP contribution in [0.2, 0.25) is 0 Å². The first kappa shape index (κ1) is 16.9. The molecule has 0 fully saturated rings. The van der Waals surface area contributed by atoms with Crippen molar-refractivity contribution >= 4 is 27.6 Å². The topological polar surface area (TPSA) is 81.1 Å². The molecule has 6 nitrogen and oxygen atoms in total. The number of hydrogen-bond acceptors (Lipinski definition) is 4. The van der Waals surface area contributed by atoms with Crippen LogP contribution in [0, 0.1) is 5.82 Å². The molecule has 0 aliphatic heterocycles. The summed E-state index contributed by atoms with van der Waals surface area (Å²) in [4.78, 5) is 11.8. The number of nitrogens with zero attached hydrogens (tertiary/aromatic N) is 2. The van der Waals surface area contributed by atoms with Crippen molar-refractivity contribution in [2.45, 2.75) is 6.54 Å². The van der Waals surface area contributed by atoms with Crippen molar-refractivity contribution in [2.24, 2.45) is 0 Å². The fourth-order valence-corrected chi connectivity index (χ4v) is 2.24. The monoisotopic (exact) mass is 337 g/mol. The molecule has 0 radical (unpaired) electrons. The molecule has 1 N–H and O–H groups in total. The number of aromatic nitrogens is 2. The summed E-state index contributed by atoms with van der Waals surface area (Å²) in [7, 11) is -3.06. The number of anilines is 1. The number of nitrogens with one attached hydrogen (secondary N) is 1. The van der Waals surface area contributed by atoms with E-state index in [4.69, 9.17) is 0 Å². The second-order valence-electron chi connectivity index (χ2n) is 4.97. The number of aryl methyl sites for hydroxylation is 1. The van der Waals surface area contributed by atoms with E-state index in [2.05, 4.69) is 10.4 Å². The Bertz CT molecular complexity index is 811. The Balaban J connectivity index is 1.90. The highest BCUT2D eigenvalue weighted by Crippen LogP contribution is 2.06. The van der Waals surface area contributed by atoms with Gasteiger partial charge in [-0.25, -0.2) is 12.8 Å². The second kappa shape index (κ2) is 7.19. The van der Waals surface area contributed by atoms with Gasteiger partial charge in [-0.05, 0) is 23.8 Å². The third kappa shape index (κ3) is 6.03. The maximum absolute atomic E-state index is 12.8. The van der Waals surface area contributed by atoms with Gasteiger partial charge in [-0.1, -0.05) is 12.1 Å². The quantitative estimate of drug-likeness (QED) is 0.814. The van der Waals surface area contributed by atoms with E-state index in [-0.39, 0.29) is 24.0 Å². The molecule has 1 heterocycles. The average molecular weight is 337 g/mol. The van der Waals surface area contributed by atoms with Crippen molar-refractivity contribution in [1.82, 2.24) is 9.78 Å². The second-order valence-corrected chi connectivity index (χ2v) is 7.23. The molecule has 0 aliphatic rings. The molecule has 0 unspecified atom stereocenters. The zero-order valence-corrected chi connectivity index (χ0v) is 13.3. The zero-order chi connectivity index (χ0) is 16.9. The third-order valence-electron chi connectivity index (χ3n) is 2.88. The lowest BCUT2D eigenvalue weighted by molar-refractivity contribution is -0.111. The van der Waals surface area contributed by atoms with Crippen LogP contribution in [0.3, 0.4) is 0 Å². The minimum absolute atomic E-state index is 0.0213. The van der Waals surface area contributed by atoms with Crippen molar-refractivity contribution in [2.75, 3.05) is 17.3 Å². The number of halogens is 1. The molecule has 0 atom stereocenters. The Kier molecular flexibility index (Phi) is 5.28. The van der Waals surface area contributed by atoms with E-state index >= 15 is 0 Å². The molecular weight excluding hydrogens is 321 g/mol. The van der Waals surface area contributed by atoms with Crippen molar-refractivity contribution in [3.63, 3.8) is 0 Å². The van der Waals surface area contributed by atoms with Crippen LogP contribution in [0.25, 0.3) is 6.08 Å². The van der Waals surface area contributed by atoms with Crippen molar-refractivity contribution in [3.05, 3.63) is 54.0 Å². The van der Waals surface area contributed by atoms with Gasteiger partial charge in [0.25, 0.3) is 0 Å². The smallest absolute Gasteiger partial charge is 0.249 e. The molecule has 2 rings (SSSR count). The molecule has 0 bridgehead atoms. The maximum Gasteiger partial charge on any atom is 0.249 e. The fraction of sp³-hybridized carbons (Fsp3) is 0.200. The van der Waals surface area contributed by atoms with Crippen molar-refractivity contribution in [1.29, 1.82) is 0 Å². The summed E-state index contributed by atoms with van der Waals surface area (Å²) in [6.45, 7) is 0.222. The number of carbonyl (C=O) groups excluding carboxylic acids is 1. The maximum atomic E-state index is 12.8. The van der Waals surface area contributed by atoms with Gasteiger partial charge in [0.2, 0.25) is 5.91 Å². The van der Waals surface area contributed by atoms with E-state index in [1.165, 1.54) is 22.9 Å². The predicted octanol–water partition coefficient (Wildman–Crippen LogP) is 1.72. The molecule has 1 amide bonds. The van der Waals surface area contributed by atoms with Gasteiger partial charge in [0.15, 0.2) is 5.82 Å². The normalized spacial score (nSPS) is 11.7. The van der Waals surface area contributed by atoms with Gasteiger partial charge in [-0.3, -0.25) is 9.48 Å². The molecule has 1 aromatic carbocycles. The Morgan fingerprint density at radius 3 is 2.65 bits per heavy atom. The summed E-state index contributed by atoms with van der Waals surface area (Å²) in [5.41, 5.74) is 0.695. The Morgan fingerprint density at radius 1 is 1.30 bits per heavy atom. The minimum atomic E-state index is -3.06. The summed E-state index contributed by atoms with van der Waals surface area (Å²) >= 11 is 0. The van der Waals surface area contributed by atoms with E-state index in [1.54, 1.807) is 30.5 Å². The standard InChI is InChI=1S/C15H16FN3O3S/c1-23(21,22)11-10-19-9-8-14(18-19)17-15(20)7-4-12-2-5-13(16)6-3-12/h2-9H,10-11H2,1H3,(H,17,18,20). The molecule has 0 spiro atoms. The van der Waals surface area contributed by atoms with Gasteiger partial charge < -0.3 is 5.32 Å². The third-order valence-corrected chi connectivity index (χ3v) is 3.80. The van der Waals surface area contributed by atoms with Gasteiger partial charge in [-0.15, -0.1) is 0 Å². The zero-order valence-electron chi connectivity index (χ0n) is 12.4. The number of rotatable bonds is 6. The molecule has 8 heteroatoms. The first-order valence-electron chi connectivity index (χ1n) is 6.78. The first-order valence-corrected chi connectivity index (χ1v) is 8.84. The molecule has 2 aromatic rings. The molecule has 0 saturated carbocycles. The van der Waals surface area contributed by atoms with E-state index in [0.717, 1.165) is 6.26 Å². The largest absolute Gasteiger partial charge is 0.306 e. The van der Waals surface area contributed by atoms with Gasteiger partial charge in [0.1, 0.15) is 15.7 Å². The minimum Gasteiger partial charge on any atom is -0.306 e. The van der Waals surface area contributed by atoms with Gasteiger partial charge in [-0.2, -0.15) is 5.10 Å². The number of sulfone groups is 1. The molecule has 23 heavy (non-hydrogen) atoms. The Morgan fingerprint density at radius 2 is 2.00 bits per heavy atom. The van der Waals surface area contributed by atoms with E-state index in [1.807, 2.05) is 0 Å². The van der Waals surface area contributed by atoms with Crippen LogP contribution in [-0.2, 0) is 21.2 Å². The summed E-state index contributed by atoms with van der Waals surface area (Å²) in [6, 6.07) is 7.30. The van der Waals surface area contributed by atoms with Crippen LogP contribution in [0.15, 0.2) is 42.6 Å². The van der Waals surface area contributed by atoms with Gasteiger partial charge in [0.05, 0.1) is 12.3 Å². The molecule has 0 aliphatic carbocycles. The van der Waals surface area contributed by atoms with E-state index in [0.29, 0.717) is 11.4 Å². The average Bonchev–Trinajstić information content (AvgIpc) is 2.91. The van der Waals surface area contributed by atoms with Crippen LogP contribution in [0.5, 0.6) is 0 Å². The summed E-state index contributed by atoms with van der Waals surface area (Å²) < 4.78 is 36.4. The van der Waals surface area contributed by atoms with E-state index in [9.17, 15) is 17.6 Å². The van der Waals surface area contributed by atoms with Crippen LogP contribution in [-0.4, -0.2) is 36.1 Å². The number of benzene rings is 1. The van der Waals surface area contributed by atoms with Crippen LogP contribution >= 0.6 is 0 Å². The molecule has 0 saturated heterocycles. The Labute approximate surface area is 133 Å². The van der Waals surface area contributed by atoms with Crippen molar-refractivity contribution in [3.8, 4) is 0 Å². The lowest BCUT2D eigenvalue weighted by atomic mass is 10.2. The summed E-state index contributed by atoms with van der Waals surface area (Å²) in [6.07, 6.45) is 5.60.